The molecule has 0 unspecified atom stereocenters. The summed E-state index contributed by atoms with van der Waals surface area (Å²) in [6, 6.07) is 0. The van der Waals surface area contributed by atoms with Crippen molar-refractivity contribution in [3.8, 4) is 0 Å². The van der Waals surface area contributed by atoms with Crippen LogP contribution in [0, 0.1) is 5.92 Å². The fourth-order valence-electron chi connectivity index (χ4n) is 0.548. The van der Waals surface area contributed by atoms with Gasteiger partial charge in [-0.2, -0.15) is 0 Å². The van der Waals surface area contributed by atoms with Crippen LogP contribution < -0.4 is 0 Å². The third-order valence-electron chi connectivity index (χ3n) is 0.998. The number of hydrogen-bond donors (Lipinski definition) is 1. The third kappa shape index (κ3) is 7.70. The molecular weight excluding hydrogens is 112 g/mol. The van der Waals surface area contributed by atoms with E-state index >= 15 is 0 Å². The Morgan fingerprint density at radius 1 is 1.33 bits per heavy atom. The van der Waals surface area contributed by atoms with Gasteiger partial charge in [-0.15, -0.1) is 0 Å². The summed E-state index contributed by atoms with van der Waals surface area (Å²) in [6.45, 7) is 6.04. The summed E-state index contributed by atoms with van der Waals surface area (Å²) in [5.74, 6) is 0.601. The van der Waals surface area contributed by atoms with Crippen molar-refractivity contribution in [3.63, 3.8) is 0 Å². The predicted molar refractivity (Wildman–Crippen MR) is 40.3 cm³/mol. The van der Waals surface area contributed by atoms with Crippen LogP contribution in [0.1, 0.15) is 27.2 Å². The molecule has 0 aromatic heterocycles. The molecule has 1 nitrogen and oxygen atoms in total. The maximum Gasteiger partial charge on any atom is 0.0546 e. The maximum absolute atomic E-state index is 8.81. The summed E-state index contributed by atoms with van der Waals surface area (Å²) in [7, 11) is 0. The van der Waals surface area contributed by atoms with E-state index in [1.165, 1.54) is 0 Å². The van der Waals surface area contributed by atoms with Gasteiger partial charge in [0, 0.05) is 0 Å². The molecule has 9 heavy (non-hydrogen) atoms. The normalized spacial score (nSPS) is 15.2. The van der Waals surface area contributed by atoms with Crippen LogP contribution >= 0.6 is 0 Å². The van der Waals surface area contributed by atoms with Crippen LogP contribution in [0.25, 0.3) is 0 Å². The lowest BCUT2D eigenvalue weighted by Gasteiger charge is -1.97. The van der Waals surface area contributed by atoms with Gasteiger partial charge in [0.05, 0.1) is 6.10 Å². The predicted octanol–water partition coefficient (Wildman–Crippen LogP) is 1.97. The molecule has 1 heteroatoms. The molecule has 1 N–H and O–H groups in total. The van der Waals surface area contributed by atoms with Gasteiger partial charge < -0.3 is 5.11 Å². The van der Waals surface area contributed by atoms with Gasteiger partial charge in [0.15, 0.2) is 0 Å². The van der Waals surface area contributed by atoms with Crippen molar-refractivity contribution in [1.82, 2.24) is 0 Å². The first-order chi connectivity index (χ1) is 4.13. The number of hydrogen-bond acceptors (Lipinski definition) is 1. The van der Waals surface area contributed by atoms with Crippen LogP contribution in [0.5, 0.6) is 0 Å². The number of allylic oxidation sites excluding steroid dienone is 1. The van der Waals surface area contributed by atoms with Gasteiger partial charge in [-0.3, -0.25) is 0 Å². The van der Waals surface area contributed by atoms with E-state index in [-0.39, 0.29) is 6.10 Å². The van der Waals surface area contributed by atoms with Gasteiger partial charge in [-0.25, -0.2) is 0 Å². The summed E-state index contributed by atoms with van der Waals surface area (Å²) < 4.78 is 0. The Morgan fingerprint density at radius 3 is 2.22 bits per heavy atom. The quantitative estimate of drug-likeness (QED) is 0.576. The Morgan fingerprint density at radius 2 is 1.89 bits per heavy atom. The first-order valence-corrected chi connectivity index (χ1v) is 3.47. The van der Waals surface area contributed by atoms with Crippen molar-refractivity contribution in [2.45, 2.75) is 33.3 Å². The van der Waals surface area contributed by atoms with Crippen LogP contribution in [0.2, 0.25) is 0 Å². The molecule has 0 spiro atoms. The van der Waals surface area contributed by atoms with Crippen molar-refractivity contribution in [1.29, 1.82) is 0 Å². The molecule has 0 rings (SSSR count). The second-order valence-electron chi connectivity index (χ2n) is 2.76. The molecule has 0 saturated heterocycles. The molecule has 0 bridgehead atoms. The van der Waals surface area contributed by atoms with E-state index < -0.39 is 0 Å². The topological polar surface area (TPSA) is 20.2 Å². The van der Waals surface area contributed by atoms with Gasteiger partial charge in [0.25, 0.3) is 0 Å². The fourth-order valence-corrected chi connectivity index (χ4v) is 0.548. The molecule has 1 atom stereocenters. The second kappa shape index (κ2) is 4.57. The molecule has 0 fully saturated rings. The minimum Gasteiger partial charge on any atom is -0.393 e. The lowest BCUT2D eigenvalue weighted by atomic mass is 10.2. The summed E-state index contributed by atoms with van der Waals surface area (Å²) in [4.78, 5) is 0. The molecule has 0 saturated carbocycles. The fraction of sp³-hybridized carbons (Fsp3) is 0.750. The van der Waals surface area contributed by atoms with Crippen molar-refractivity contribution in [3.05, 3.63) is 12.2 Å². The van der Waals surface area contributed by atoms with Crippen LogP contribution in [0.4, 0.5) is 0 Å². The average Bonchev–Trinajstić information content (AvgIpc) is 1.63. The zero-order valence-corrected chi connectivity index (χ0v) is 6.46. The first-order valence-electron chi connectivity index (χ1n) is 3.47. The SMILES string of the molecule is CC(C)/C=C\C[C@H](C)O. The Balaban J connectivity index is 3.25. The van der Waals surface area contributed by atoms with Gasteiger partial charge in [0.1, 0.15) is 0 Å². The molecule has 0 aliphatic rings. The molecule has 0 heterocycles. The minimum absolute atomic E-state index is 0.194. The standard InChI is InChI=1S/C8H16O/c1-7(2)5-4-6-8(3)9/h4-5,7-9H,6H2,1-3H3/b5-4-/t8-/m0/s1. The van der Waals surface area contributed by atoms with E-state index in [4.69, 9.17) is 5.11 Å². The van der Waals surface area contributed by atoms with Crippen LogP contribution in [-0.2, 0) is 0 Å². The summed E-state index contributed by atoms with van der Waals surface area (Å²) in [5.41, 5.74) is 0. The molecule has 0 aromatic rings. The largest absolute Gasteiger partial charge is 0.393 e. The monoisotopic (exact) mass is 128 g/mol. The van der Waals surface area contributed by atoms with Crippen LogP contribution in [-0.4, -0.2) is 11.2 Å². The minimum atomic E-state index is -0.194. The lowest BCUT2D eigenvalue weighted by Crippen LogP contribution is -1.95. The Bertz CT molecular complexity index is 82.6. The van der Waals surface area contributed by atoms with E-state index in [2.05, 4.69) is 19.9 Å². The molecule has 0 aromatic carbocycles. The van der Waals surface area contributed by atoms with Gasteiger partial charge in [0.2, 0.25) is 0 Å². The van der Waals surface area contributed by atoms with Gasteiger partial charge >= 0.3 is 0 Å². The van der Waals surface area contributed by atoms with Gasteiger partial charge in [-0.05, 0) is 19.3 Å². The van der Waals surface area contributed by atoms with Crippen molar-refractivity contribution < 1.29 is 5.11 Å². The highest BCUT2D eigenvalue weighted by Gasteiger charge is 1.89. The van der Waals surface area contributed by atoms with Crippen LogP contribution in [0.3, 0.4) is 0 Å². The zero-order valence-electron chi connectivity index (χ0n) is 6.46. The van der Waals surface area contributed by atoms with Crippen LogP contribution in [0.15, 0.2) is 12.2 Å². The van der Waals surface area contributed by atoms with Gasteiger partial charge in [-0.1, -0.05) is 26.0 Å². The summed E-state index contributed by atoms with van der Waals surface area (Å²) >= 11 is 0. The highest BCUT2D eigenvalue weighted by atomic mass is 16.3. The van der Waals surface area contributed by atoms with Crippen molar-refractivity contribution >= 4 is 0 Å². The smallest absolute Gasteiger partial charge is 0.0546 e. The van der Waals surface area contributed by atoms with E-state index in [0.717, 1.165) is 6.42 Å². The molecule has 0 radical (unpaired) electrons. The summed E-state index contributed by atoms with van der Waals surface area (Å²) in [5, 5.41) is 8.81. The Kier molecular flexibility index (Phi) is 4.41. The Hall–Kier alpha value is -0.300. The third-order valence-corrected chi connectivity index (χ3v) is 0.998. The lowest BCUT2D eigenvalue weighted by molar-refractivity contribution is 0.198. The molecule has 0 aliphatic heterocycles. The maximum atomic E-state index is 8.81. The molecule has 54 valence electrons. The van der Waals surface area contributed by atoms with E-state index in [1.54, 1.807) is 6.92 Å². The van der Waals surface area contributed by atoms with E-state index in [0.29, 0.717) is 5.92 Å². The Labute approximate surface area is 57.4 Å². The number of rotatable bonds is 3. The van der Waals surface area contributed by atoms with Crippen molar-refractivity contribution in [2.75, 3.05) is 0 Å². The first kappa shape index (κ1) is 8.70. The second-order valence-corrected chi connectivity index (χ2v) is 2.76. The van der Waals surface area contributed by atoms with E-state index in [9.17, 15) is 0 Å². The molecule has 0 aliphatic carbocycles. The molecule has 0 amide bonds. The average molecular weight is 128 g/mol. The highest BCUT2D eigenvalue weighted by molar-refractivity contribution is 4.85. The number of aliphatic hydroxyl groups excluding tert-OH is 1. The number of aliphatic hydroxyl groups is 1. The zero-order chi connectivity index (χ0) is 7.28. The highest BCUT2D eigenvalue weighted by Crippen LogP contribution is 1.97. The van der Waals surface area contributed by atoms with Crippen molar-refractivity contribution in [2.24, 2.45) is 5.92 Å². The van der Waals surface area contributed by atoms with E-state index in [1.807, 2.05) is 6.08 Å². The molecular formula is C8H16O. The summed E-state index contributed by atoms with van der Waals surface area (Å²) in [6.07, 6.45) is 4.71.